The predicted molar refractivity (Wildman–Crippen MR) is 123 cm³/mol. The van der Waals surface area contributed by atoms with Crippen LogP contribution < -0.4 is 0 Å². The van der Waals surface area contributed by atoms with Gasteiger partial charge in [0.25, 0.3) is 0 Å². The average Bonchev–Trinajstić information content (AvgIpc) is 2.68. The van der Waals surface area contributed by atoms with Crippen molar-refractivity contribution in [3.8, 4) is 0 Å². The van der Waals surface area contributed by atoms with Crippen LogP contribution in [0, 0.1) is 11.8 Å². The van der Waals surface area contributed by atoms with Crippen molar-refractivity contribution < 1.29 is 13.0 Å². The third kappa shape index (κ3) is 11.4. The van der Waals surface area contributed by atoms with E-state index in [0.29, 0.717) is 11.8 Å². The van der Waals surface area contributed by atoms with Crippen molar-refractivity contribution in [3.63, 3.8) is 0 Å². The molecule has 0 aliphatic heterocycles. The van der Waals surface area contributed by atoms with Crippen molar-refractivity contribution in [1.29, 1.82) is 0 Å². The van der Waals surface area contributed by atoms with Crippen molar-refractivity contribution in [2.45, 2.75) is 92.2 Å². The summed E-state index contributed by atoms with van der Waals surface area (Å²) < 4.78 is 19.2. The van der Waals surface area contributed by atoms with Gasteiger partial charge >= 0.3 is 17.1 Å². The number of hydrogen-bond acceptors (Lipinski definition) is 3. The van der Waals surface area contributed by atoms with Crippen molar-refractivity contribution in [3.05, 3.63) is 24.6 Å². The highest BCUT2D eigenvalue weighted by molar-refractivity contribution is 6.84. The van der Waals surface area contributed by atoms with E-state index in [4.69, 9.17) is 13.0 Å². The summed E-state index contributed by atoms with van der Waals surface area (Å²) in [6.45, 7) is 22.6. The van der Waals surface area contributed by atoms with Gasteiger partial charge in [-0.3, -0.25) is 0 Å². The number of hydrogen-bond donors (Lipinski definition) is 0. The van der Waals surface area contributed by atoms with Crippen LogP contribution in [0.15, 0.2) is 24.6 Å². The van der Waals surface area contributed by atoms with Gasteiger partial charge < -0.3 is 13.0 Å². The quantitative estimate of drug-likeness (QED) is 0.225. The maximum Gasteiger partial charge on any atom is 0.352 e. The molecule has 0 aliphatic rings. The molecule has 0 fully saturated rings. The monoisotopic (exact) mass is 414 g/mol. The normalized spacial score (nSPS) is 18.3. The molecule has 0 aromatic carbocycles. The van der Waals surface area contributed by atoms with E-state index in [1.165, 1.54) is 38.5 Å². The largest absolute Gasteiger partial charge is 0.409 e. The van der Waals surface area contributed by atoms with Crippen molar-refractivity contribution in [2.75, 3.05) is 13.2 Å². The highest BCUT2D eigenvalue weighted by atomic mass is 28.5. The maximum absolute atomic E-state index is 6.52. The Morgan fingerprint density at radius 1 is 0.741 bits per heavy atom. The SMILES string of the molecule is C=C[Si](C)(OCC(CC)CCCC)O[Si](C)(C=C)OCC(CC)CCCC. The molecule has 0 aromatic heterocycles. The smallest absolute Gasteiger partial charge is 0.352 e. The van der Waals surface area contributed by atoms with Crippen LogP contribution in [-0.2, 0) is 13.0 Å². The van der Waals surface area contributed by atoms with E-state index in [1.54, 1.807) is 0 Å². The van der Waals surface area contributed by atoms with E-state index in [-0.39, 0.29) is 0 Å². The molecule has 27 heavy (non-hydrogen) atoms. The number of unbranched alkanes of at least 4 members (excludes halogenated alkanes) is 2. The molecule has 0 saturated heterocycles. The summed E-state index contributed by atoms with van der Waals surface area (Å²) in [5, 5.41) is 0. The highest BCUT2D eigenvalue weighted by Crippen LogP contribution is 2.23. The zero-order valence-corrected chi connectivity index (χ0v) is 21.0. The first-order valence-electron chi connectivity index (χ1n) is 11.1. The topological polar surface area (TPSA) is 27.7 Å². The minimum atomic E-state index is -2.48. The summed E-state index contributed by atoms with van der Waals surface area (Å²) in [5.74, 6) is 1.19. The van der Waals surface area contributed by atoms with Gasteiger partial charge in [0, 0.05) is 13.2 Å². The van der Waals surface area contributed by atoms with Gasteiger partial charge in [-0.25, -0.2) is 0 Å². The minimum absolute atomic E-state index is 0.594. The van der Waals surface area contributed by atoms with E-state index in [0.717, 1.165) is 26.1 Å². The fraction of sp³-hybridized carbons (Fsp3) is 0.818. The first-order valence-corrected chi connectivity index (χ1v) is 15.9. The summed E-state index contributed by atoms with van der Waals surface area (Å²) in [4.78, 5) is 0. The molecule has 0 bridgehead atoms. The van der Waals surface area contributed by atoms with Gasteiger partial charge in [0.2, 0.25) is 0 Å². The second-order valence-corrected chi connectivity index (χ2v) is 14.3. The van der Waals surface area contributed by atoms with Crippen molar-refractivity contribution in [1.82, 2.24) is 0 Å². The lowest BCUT2D eigenvalue weighted by Gasteiger charge is -2.35. The maximum atomic E-state index is 6.52. The lowest BCUT2D eigenvalue weighted by Crippen LogP contribution is -2.51. The molecule has 0 aromatic rings. The minimum Gasteiger partial charge on any atom is -0.409 e. The van der Waals surface area contributed by atoms with Crippen molar-refractivity contribution in [2.24, 2.45) is 11.8 Å². The van der Waals surface area contributed by atoms with Gasteiger partial charge in [0.1, 0.15) is 0 Å². The molecule has 0 saturated carbocycles. The summed E-state index contributed by atoms with van der Waals surface area (Å²) in [7, 11) is -4.95. The Hall–Kier alpha value is -0.206. The standard InChI is InChI=1S/C22H46O3Si2/c1-9-15-17-21(11-3)19-23-26(7,13-5)25-27(8,14-6)24-20-22(12-4)18-16-10-2/h13-14,21-22H,5-6,9-12,15-20H2,1-4,7-8H3. The third-order valence-corrected chi connectivity index (χ3v) is 11.7. The molecular weight excluding hydrogens is 368 g/mol. The lowest BCUT2D eigenvalue weighted by molar-refractivity contribution is 0.156. The molecular formula is C22H46O3Si2. The Morgan fingerprint density at radius 2 is 1.11 bits per heavy atom. The fourth-order valence-electron chi connectivity index (χ4n) is 3.03. The fourth-order valence-corrected chi connectivity index (χ4v) is 8.75. The van der Waals surface area contributed by atoms with Gasteiger partial charge in [-0.15, -0.1) is 13.2 Å². The average molecular weight is 415 g/mol. The first kappa shape index (κ1) is 26.8. The molecule has 0 heterocycles. The van der Waals surface area contributed by atoms with Gasteiger partial charge in [-0.05, 0) is 37.8 Å². The zero-order valence-electron chi connectivity index (χ0n) is 19.0. The number of rotatable bonds is 18. The second kappa shape index (κ2) is 14.7. The highest BCUT2D eigenvalue weighted by Gasteiger charge is 2.40. The van der Waals surface area contributed by atoms with Crippen LogP contribution in [0.3, 0.4) is 0 Å². The second-order valence-electron chi connectivity index (χ2n) is 8.00. The van der Waals surface area contributed by atoms with Crippen molar-refractivity contribution >= 4 is 17.1 Å². The Labute approximate surface area is 172 Å². The van der Waals surface area contributed by atoms with E-state index in [1.807, 2.05) is 11.4 Å². The van der Waals surface area contributed by atoms with Crippen LogP contribution in [0.25, 0.3) is 0 Å². The van der Waals surface area contributed by atoms with E-state index >= 15 is 0 Å². The summed E-state index contributed by atoms with van der Waals surface area (Å²) in [6.07, 6.45) is 9.70. The lowest BCUT2D eigenvalue weighted by atomic mass is 10.0. The molecule has 3 nitrogen and oxygen atoms in total. The van der Waals surface area contributed by atoms with Crippen LogP contribution in [0.1, 0.15) is 79.1 Å². The van der Waals surface area contributed by atoms with Crippen LogP contribution in [0.2, 0.25) is 13.1 Å². The van der Waals surface area contributed by atoms with Gasteiger partial charge in [-0.2, -0.15) is 0 Å². The summed E-state index contributed by atoms with van der Waals surface area (Å²) >= 11 is 0. The molecule has 5 heteroatoms. The molecule has 160 valence electrons. The van der Waals surface area contributed by atoms with E-state index in [2.05, 4.69) is 53.9 Å². The molecule has 4 atom stereocenters. The Morgan fingerprint density at radius 3 is 1.37 bits per heavy atom. The Balaban J connectivity index is 4.81. The third-order valence-electron chi connectivity index (χ3n) is 5.44. The van der Waals surface area contributed by atoms with Gasteiger partial charge in [0.05, 0.1) is 0 Å². The van der Waals surface area contributed by atoms with E-state index < -0.39 is 17.1 Å². The Kier molecular flexibility index (Phi) is 14.6. The summed E-state index contributed by atoms with van der Waals surface area (Å²) in [5.41, 5.74) is 3.79. The van der Waals surface area contributed by atoms with Gasteiger partial charge in [0.15, 0.2) is 0 Å². The molecule has 0 N–H and O–H groups in total. The zero-order chi connectivity index (χ0) is 20.8. The van der Waals surface area contributed by atoms with Crippen LogP contribution in [0.5, 0.6) is 0 Å². The first-order chi connectivity index (χ1) is 12.8. The predicted octanol–water partition coefficient (Wildman–Crippen LogP) is 7.06. The van der Waals surface area contributed by atoms with Crippen LogP contribution in [0.4, 0.5) is 0 Å². The molecule has 0 amide bonds. The molecule has 0 spiro atoms. The molecule has 0 rings (SSSR count). The molecule has 0 radical (unpaired) electrons. The summed E-state index contributed by atoms with van der Waals surface area (Å²) in [6, 6.07) is 0. The molecule has 0 aliphatic carbocycles. The van der Waals surface area contributed by atoms with Gasteiger partial charge in [-0.1, -0.05) is 77.6 Å². The van der Waals surface area contributed by atoms with Crippen LogP contribution >= 0.6 is 0 Å². The van der Waals surface area contributed by atoms with Crippen LogP contribution in [-0.4, -0.2) is 30.3 Å². The molecule has 4 unspecified atom stereocenters. The Bertz CT molecular complexity index is 369. The van der Waals surface area contributed by atoms with E-state index in [9.17, 15) is 0 Å².